The number of carbonyl (C=O) groups excluding carboxylic acids is 1. The van der Waals surface area contributed by atoms with Gasteiger partial charge in [0.05, 0.1) is 23.1 Å². The fraction of sp³-hybridized carbons (Fsp3) is 0.429. The van der Waals surface area contributed by atoms with E-state index in [1.165, 1.54) is 40.3 Å². The Labute approximate surface area is 134 Å². The molecule has 0 aliphatic carbocycles. The monoisotopic (exact) mass is 340 g/mol. The van der Waals surface area contributed by atoms with Gasteiger partial charge in [0.2, 0.25) is 10.0 Å². The van der Waals surface area contributed by atoms with Gasteiger partial charge in [0.1, 0.15) is 6.04 Å². The third-order valence-electron chi connectivity index (χ3n) is 3.23. The lowest BCUT2D eigenvalue weighted by Crippen LogP contribution is -2.50. The van der Waals surface area contributed by atoms with Crippen LogP contribution in [0.2, 0.25) is 0 Å². The van der Waals surface area contributed by atoms with Crippen LogP contribution >= 0.6 is 11.8 Å². The highest BCUT2D eigenvalue weighted by atomic mass is 32.2. The van der Waals surface area contributed by atoms with E-state index in [0.29, 0.717) is 17.1 Å². The van der Waals surface area contributed by atoms with Crippen LogP contribution in [0, 0.1) is 11.3 Å². The lowest BCUT2D eigenvalue weighted by atomic mass is 10.2. The van der Waals surface area contributed by atoms with E-state index in [4.69, 9.17) is 10.00 Å². The van der Waals surface area contributed by atoms with Crippen LogP contribution in [0.1, 0.15) is 12.5 Å². The Morgan fingerprint density at radius 3 is 2.73 bits per heavy atom. The predicted molar refractivity (Wildman–Crippen MR) is 82.8 cm³/mol. The molecule has 8 heteroatoms. The molecule has 1 aliphatic rings. The molecule has 0 bridgehead atoms. The first-order valence-electron chi connectivity index (χ1n) is 6.77. The lowest BCUT2D eigenvalue weighted by molar-refractivity contribution is -0.146. The van der Waals surface area contributed by atoms with E-state index in [9.17, 15) is 13.2 Å². The molecular weight excluding hydrogens is 324 g/mol. The van der Waals surface area contributed by atoms with Gasteiger partial charge in [0.25, 0.3) is 0 Å². The number of esters is 1. The van der Waals surface area contributed by atoms with Gasteiger partial charge in [-0.15, -0.1) is 0 Å². The first-order chi connectivity index (χ1) is 10.5. The van der Waals surface area contributed by atoms with E-state index < -0.39 is 22.0 Å². The summed E-state index contributed by atoms with van der Waals surface area (Å²) in [6.07, 6.45) is 0. The predicted octanol–water partition coefficient (Wildman–Crippen LogP) is 1.23. The molecule has 1 fully saturated rings. The van der Waals surface area contributed by atoms with Gasteiger partial charge in [0.15, 0.2) is 0 Å². The molecule has 6 nitrogen and oxygen atoms in total. The summed E-state index contributed by atoms with van der Waals surface area (Å²) in [7, 11) is -3.79. The molecule has 0 saturated carbocycles. The van der Waals surface area contributed by atoms with Gasteiger partial charge in [-0.05, 0) is 31.2 Å². The highest BCUT2D eigenvalue weighted by molar-refractivity contribution is 7.99. The number of thioether (sulfide) groups is 1. The van der Waals surface area contributed by atoms with Gasteiger partial charge in [0, 0.05) is 18.1 Å². The Kier molecular flexibility index (Phi) is 5.45. The summed E-state index contributed by atoms with van der Waals surface area (Å²) < 4.78 is 31.6. The van der Waals surface area contributed by atoms with Crippen LogP contribution in [-0.2, 0) is 19.6 Å². The number of nitrogens with zero attached hydrogens (tertiary/aromatic N) is 2. The molecule has 1 saturated heterocycles. The van der Waals surface area contributed by atoms with Crippen molar-refractivity contribution in [2.24, 2.45) is 0 Å². The third-order valence-corrected chi connectivity index (χ3v) is 6.17. The standard InChI is InChI=1S/C14H16N2O4S2/c1-2-20-14(17)13-10-21-8-7-16(13)22(18,19)12-5-3-11(9-15)4-6-12/h3-6,13H,2,7-8,10H2,1H3. The fourth-order valence-corrected chi connectivity index (χ4v) is 4.96. The van der Waals surface area contributed by atoms with Crippen molar-refractivity contribution in [2.75, 3.05) is 24.7 Å². The highest BCUT2D eigenvalue weighted by Crippen LogP contribution is 2.25. The molecule has 0 N–H and O–H groups in total. The van der Waals surface area contributed by atoms with E-state index >= 15 is 0 Å². The van der Waals surface area contributed by atoms with Crippen molar-refractivity contribution >= 4 is 27.8 Å². The minimum absolute atomic E-state index is 0.0766. The van der Waals surface area contributed by atoms with E-state index in [2.05, 4.69) is 0 Å². The smallest absolute Gasteiger partial charge is 0.325 e. The molecule has 1 heterocycles. The maximum Gasteiger partial charge on any atom is 0.325 e. The van der Waals surface area contributed by atoms with Crippen LogP contribution in [-0.4, -0.2) is 49.4 Å². The Hall–Kier alpha value is -1.56. The fourth-order valence-electron chi connectivity index (χ4n) is 2.14. The van der Waals surface area contributed by atoms with Crippen molar-refractivity contribution in [2.45, 2.75) is 17.9 Å². The second-order valence-corrected chi connectivity index (χ2v) is 7.64. The van der Waals surface area contributed by atoms with Crippen LogP contribution in [0.15, 0.2) is 29.2 Å². The lowest BCUT2D eigenvalue weighted by Gasteiger charge is -2.32. The maximum atomic E-state index is 12.7. The van der Waals surface area contributed by atoms with Gasteiger partial charge in [-0.25, -0.2) is 8.42 Å². The molecule has 1 aromatic rings. The summed E-state index contributed by atoms with van der Waals surface area (Å²) >= 11 is 1.53. The van der Waals surface area contributed by atoms with Gasteiger partial charge in [-0.2, -0.15) is 21.3 Å². The first-order valence-corrected chi connectivity index (χ1v) is 9.36. The SMILES string of the molecule is CCOC(=O)C1CSCCN1S(=O)(=O)c1ccc(C#N)cc1. The van der Waals surface area contributed by atoms with Gasteiger partial charge in [-0.3, -0.25) is 4.79 Å². The number of rotatable bonds is 4. The minimum Gasteiger partial charge on any atom is -0.465 e. The Morgan fingerprint density at radius 2 is 2.14 bits per heavy atom. The van der Waals surface area contributed by atoms with E-state index in [-0.39, 0.29) is 18.0 Å². The van der Waals surface area contributed by atoms with Crippen LogP contribution in [0.4, 0.5) is 0 Å². The molecule has 1 unspecified atom stereocenters. The van der Waals surface area contributed by atoms with E-state index in [1.807, 2.05) is 6.07 Å². The van der Waals surface area contributed by atoms with Crippen molar-refractivity contribution in [3.8, 4) is 6.07 Å². The summed E-state index contributed by atoms with van der Waals surface area (Å²) in [5, 5.41) is 8.78. The number of carbonyl (C=O) groups is 1. The zero-order chi connectivity index (χ0) is 16.2. The largest absolute Gasteiger partial charge is 0.465 e. The molecule has 2 rings (SSSR count). The molecule has 0 spiro atoms. The molecule has 22 heavy (non-hydrogen) atoms. The van der Waals surface area contributed by atoms with Gasteiger partial charge >= 0.3 is 5.97 Å². The molecule has 1 aromatic carbocycles. The van der Waals surface area contributed by atoms with Crippen LogP contribution in [0.25, 0.3) is 0 Å². The Morgan fingerprint density at radius 1 is 1.45 bits per heavy atom. The summed E-state index contributed by atoms with van der Waals surface area (Å²) in [6.45, 7) is 2.16. The third kappa shape index (κ3) is 3.43. The average molecular weight is 340 g/mol. The summed E-state index contributed by atoms with van der Waals surface area (Å²) in [4.78, 5) is 12.1. The van der Waals surface area contributed by atoms with Crippen LogP contribution < -0.4 is 0 Å². The van der Waals surface area contributed by atoms with E-state index in [1.54, 1.807) is 6.92 Å². The minimum atomic E-state index is -3.79. The second kappa shape index (κ2) is 7.13. The van der Waals surface area contributed by atoms with Crippen molar-refractivity contribution in [1.82, 2.24) is 4.31 Å². The maximum absolute atomic E-state index is 12.7. The van der Waals surface area contributed by atoms with Crippen molar-refractivity contribution in [3.05, 3.63) is 29.8 Å². The number of hydrogen-bond acceptors (Lipinski definition) is 6. The van der Waals surface area contributed by atoms with Crippen LogP contribution in [0.5, 0.6) is 0 Å². The first kappa shape index (κ1) is 16.8. The Bertz CT molecular complexity index is 680. The topological polar surface area (TPSA) is 87.5 Å². The van der Waals surface area contributed by atoms with Gasteiger partial charge in [-0.1, -0.05) is 0 Å². The number of ether oxygens (including phenoxy) is 1. The van der Waals surface area contributed by atoms with Crippen LogP contribution in [0.3, 0.4) is 0 Å². The molecule has 0 amide bonds. The number of nitriles is 1. The zero-order valence-electron chi connectivity index (χ0n) is 12.1. The van der Waals surface area contributed by atoms with Gasteiger partial charge < -0.3 is 4.74 Å². The number of hydrogen-bond donors (Lipinski definition) is 0. The Balaban J connectivity index is 2.32. The van der Waals surface area contributed by atoms with Crippen molar-refractivity contribution < 1.29 is 17.9 Å². The second-order valence-electron chi connectivity index (χ2n) is 4.59. The summed E-state index contributed by atoms with van der Waals surface area (Å²) in [5.74, 6) is 0.492. The average Bonchev–Trinajstić information content (AvgIpc) is 2.55. The van der Waals surface area contributed by atoms with E-state index in [0.717, 1.165) is 0 Å². The normalized spacial score (nSPS) is 19.4. The summed E-state index contributed by atoms with van der Waals surface area (Å²) in [6, 6.07) is 6.81. The number of sulfonamides is 1. The summed E-state index contributed by atoms with van der Waals surface area (Å²) in [5.41, 5.74) is 0.384. The molecule has 1 atom stereocenters. The number of benzene rings is 1. The molecule has 1 aliphatic heterocycles. The molecular formula is C14H16N2O4S2. The highest BCUT2D eigenvalue weighted by Gasteiger charge is 2.38. The molecule has 0 aromatic heterocycles. The zero-order valence-corrected chi connectivity index (χ0v) is 13.7. The molecule has 0 radical (unpaired) electrons. The van der Waals surface area contributed by atoms with Crippen molar-refractivity contribution in [1.29, 1.82) is 5.26 Å². The quantitative estimate of drug-likeness (QED) is 0.766. The van der Waals surface area contributed by atoms with Crippen molar-refractivity contribution in [3.63, 3.8) is 0 Å². The molecule has 118 valence electrons.